The van der Waals surface area contributed by atoms with Crippen molar-refractivity contribution in [3.63, 3.8) is 0 Å². The fraction of sp³-hybridized carbons (Fsp3) is 0.143. The maximum absolute atomic E-state index is 10.4. The third-order valence-corrected chi connectivity index (χ3v) is 4.18. The smallest absolute Gasteiger partial charge is 0.104 e. The predicted molar refractivity (Wildman–Crippen MR) is 77.1 cm³/mol. The highest BCUT2D eigenvalue weighted by molar-refractivity contribution is 9.10. The molecule has 88 valence electrons. The summed E-state index contributed by atoms with van der Waals surface area (Å²) in [5.74, 6) is 0. The SMILES string of the molecule is Cc1c(Br)cccc1C(O)c1ccc(Br)cc1. The molecule has 0 aromatic heterocycles. The van der Waals surface area contributed by atoms with E-state index in [4.69, 9.17) is 0 Å². The molecule has 0 fully saturated rings. The normalized spacial score (nSPS) is 12.5. The Labute approximate surface area is 118 Å². The third-order valence-electron chi connectivity index (χ3n) is 2.79. The van der Waals surface area contributed by atoms with Crippen molar-refractivity contribution in [1.29, 1.82) is 0 Å². The van der Waals surface area contributed by atoms with Crippen LogP contribution < -0.4 is 0 Å². The van der Waals surface area contributed by atoms with Gasteiger partial charge in [-0.3, -0.25) is 0 Å². The summed E-state index contributed by atoms with van der Waals surface area (Å²) < 4.78 is 2.03. The molecule has 2 aromatic carbocycles. The molecule has 0 heterocycles. The average molecular weight is 356 g/mol. The van der Waals surface area contributed by atoms with Crippen LogP contribution in [-0.4, -0.2) is 5.11 Å². The largest absolute Gasteiger partial charge is 0.384 e. The molecule has 1 atom stereocenters. The first kappa shape index (κ1) is 12.8. The van der Waals surface area contributed by atoms with Crippen LogP contribution in [0.5, 0.6) is 0 Å². The number of aliphatic hydroxyl groups is 1. The lowest BCUT2D eigenvalue weighted by Crippen LogP contribution is -2.02. The van der Waals surface area contributed by atoms with Gasteiger partial charge in [0, 0.05) is 8.95 Å². The van der Waals surface area contributed by atoms with E-state index in [-0.39, 0.29) is 0 Å². The van der Waals surface area contributed by atoms with Crippen LogP contribution in [0.1, 0.15) is 22.8 Å². The molecule has 2 aromatic rings. The first-order chi connectivity index (χ1) is 8.09. The van der Waals surface area contributed by atoms with Crippen LogP contribution in [0, 0.1) is 6.92 Å². The van der Waals surface area contributed by atoms with Gasteiger partial charge >= 0.3 is 0 Å². The fourth-order valence-corrected chi connectivity index (χ4v) is 2.39. The molecule has 0 saturated heterocycles. The van der Waals surface area contributed by atoms with Crippen molar-refractivity contribution in [2.45, 2.75) is 13.0 Å². The highest BCUT2D eigenvalue weighted by atomic mass is 79.9. The lowest BCUT2D eigenvalue weighted by Gasteiger charge is -2.15. The Morgan fingerprint density at radius 2 is 1.65 bits per heavy atom. The van der Waals surface area contributed by atoms with Gasteiger partial charge in [0.1, 0.15) is 6.10 Å². The molecule has 0 radical (unpaired) electrons. The molecule has 0 saturated carbocycles. The van der Waals surface area contributed by atoms with Gasteiger partial charge in [0.25, 0.3) is 0 Å². The Kier molecular flexibility index (Phi) is 4.02. The van der Waals surface area contributed by atoms with Gasteiger partial charge in [-0.25, -0.2) is 0 Å². The maximum atomic E-state index is 10.4. The Hall–Kier alpha value is -0.640. The van der Waals surface area contributed by atoms with E-state index in [1.165, 1.54) is 0 Å². The van der Waals surface area contributed by atoms with Crippen LogP contribution in [0.4, 0.5) is 0 Å². The predicted octanol–water partition coefficient (Wildman–Crippen LogP) is 4.60. The molecule has 0 spiro atoms. The summed E-state index contributed by atoms with van der Waals surface area (Å²) in [6.45, 7) is 2.00. The molecule has 0 amide bonds. The molecule has 0 aliphatic carbocycles. The van der Waals surface area contributed by atoms with Gasteiger partial charge in [0.2, 0.25) is 0 Å². The lowest BCUT2D eigenvalue weighted by atomic mass is 9.98. The molecule has 0 bridgehead atoms. The first-order valence-electron chi connectivity index (χ1n) is 5.28. The maximum Gasteiger partial charge on any atom is 0.104 e. The molecule has 3 heteroatoms. The fourth-order valence-electron chi connectivity index (χ4n) is 1.75. The number of halogens is 2. The van der Waals surface area contributed by atoms with E-state index in [1.54, 1.807) is 0 Å². The summed E-state index contributed by atoms with van der Waals surface area (Å²) in [7, 11) is 0. The van der Waals surface area contributed by atoms with Gasteiger partial charge in [-0.15, -0.1) is 0 Å². The van der Waals surface area contributed by atoms with Crippen molar-refractivity contribution in [1.82, 2.24) is 0 Å². The van der Waals surface area contributed by atoms with E-state index in [0.717, 1.165) is 25.6 Å². The van der Waals surface area contributed by atoms with Crippen molar-refractivity contribution in [3.05, 3.63) is 68.1 Å². The van der Waals surface area contributed by atoms with Crippen molar-refractivity contribution in [2.75, 3.05) is 0 Å². The Morgan fingerprint density at radius 3 is 2.29 bits per heavy atom. The first-order valence-corrected chi connectivity index (χ1v) is 6.86. The summed E-state index contributed by atoms with van der Waals surface area (Å²) in [6.07, 6.45) is -0.583. The monoisotopic (exact) mass is 354 g/mol. The quantitative estimate of drug-likeness (QED) is 0.834. The van der Waals surface area contributed by atoms with Gasteiger partial charge in [-0.05, 0) is 41.8 Å². The van der Waals surface area contributed by atoms with Gasteiger partial charge < -0.3 is 5.11 Å². The molecular formula is C14H12Br2O. The molecule has 2 rings (SSSR count). The lowest BCUT2D eigenvalue weighted by molar-refractivity contribution is 0.219. The highest BCUT2D eigenvalue weighted by Gasteiger charge is 2.13. The molecule has 1 unspecified atom stereocenters. The summed E-state index contributed by atoms with van der Waals surface area (Å²) in [4.78, 5) is 0. The number of hydrogen-bond acceptors (Lipinski definition) is 1. The van der Waals surface area contributed by atoms with E-state index in [9.17, 15) is 5.11 Å². The van der Waals surface area contributed by atoms with Crippen LogP contribution in [0.25, 0.3) is 0 Å². The minimum absolute atomic E-state index is 0.583. The molecule has 1 nitrogen and oxygen atoms in total. The Morgan fingerprint density at radius 1 is 1.00 bits per heavy atom. The summed E-state index contributed by atoms with van der Waals surface area (Å²) >= 11 is 6.87. The minimum atomic E-state index is -0.583. The Bertz CT molecular complexity index is 520. The van der Waals surface area contributed by atoms with Gasteiger partial charge in [0.05, 0.1) is 0 Å². The van der Waals surface area contributed by atoms with Gasteiger partial charge in [0.15, 0.2) is 0 Å². The molecular weight excluding hydrogens is 344 g/mol. The van der Waals surface area contributed by atoms with Crippen LogP contribution in [0.3, 0.4) is 0 Å². The van der Waals surface area contributed by atoms with E-state index in [1.807, 2.05) is 49.4 Å². The summed E-state index contributed by atoms with van der Waals surface area (Å²) in [5, 5.41) is 10.4. The zero-order valence-corrected chi connectivity index (χ0v) is 12.5. The highest BCUT2D eigenvalue weighted by Crippen LogP contribution is 2.29. The second-order valence-electron chi connectivity index (χ2n) is 3.91. The van der Waals surface area contributed by atoms with E-state index >= 15 is 0 Å². The van der Waals surface area contributed by atoms with Crippen LogP contribution in [0.15, 0.2) is 51.4 Å². The van der Waals surface area contributed by atoms with Crippen molar-refractivity contribution in [2.24, 2.45) is 0 Å². The van der Waals surface area contributed by atoms with Gasteiger partial charge in [-0.2, -0.15) is 0 Å². The summed E-state index contributed by atoms with van der Waals surface area (Å²) in [5.41, 5.74) is 2.90. The standard InChI is InChI=1S/C14H12Br2O/c1-9-12(3-2-4-13(9)16)14(17)10-5-7-11(15)8-6-10/h2-8,14,17H,1H3. The topological polar surface area (TPSA) is 20.2 Å². The molecule has 17 heavy (non-hydrogen) atoms. The second-order valence-corrected chi connectivity index (χ2v) is 5.68. The Balaban J connectivity index is 2.40. The van der Waals surface area contributed by atoms with E-state index in [2.05, 4.69) is 31.9 Å². The molecule has 1 N–H and O–H groups in total. The number of benzene rings is 2. The average Bonchev–Trinajstić information content (AvgIpc) is 2.33. The van der Waals surface area contributed by atoms with Gasteiger partial charge in [-0.1, -0.05) is 56.1 Å². The third kappa shape index (κ3) is 2.79. The van der Waals surface area contributed by atoms with Crippen LogP contribution >= 0.6 is 31.9 Å². The van der Waals surface area contributed by atoms with Crippen molar-refractivity contribution in [3.8, 4) is 0 Å². The van der Waals surface area contributed by atoms with E-state index in [0.29, 0.717) is 0 Å². The second kappa shape index (κ2) is 5.34. The zero-order chi connectivity index (χ0) is 12.4. The number of aliphatic hydroxyl groups excluding tert-OH is 1. The van der Waals surface area contributed by atoms with Crippen LogP contribution in [0.2, 0.25) is 0 Å². The van der Waals surface area contributed by atoms with Crippen LogP contribution in [-0.2, 0) is 0 Å². The minimum Gasteiger partial charge on any atom is -0.384 e. The molecule has 0 aliphatic rings. The molecule has 0 aliphatic heterocycles. The number of rotatable bonds is 2. The number of hydrogen-bond donors (Lipinski definition) is 1. The summed E-state index contributed by atoms with van der Waals surface area (Å²) in [6, 6.07) is 13.6. The van der Waals surface area contributed by atoms with Crippen molar-refractivity contribution >= 4 is 31.9 Å². The zero-order valence-electron chi connectivity index (χ0n) is 9.32. The van der Waals surface area contributed by atoms with Crippen molar-refractivity contribution < 1.29 is 5.11 Å². The van der Waals surface area contributed by atoms with E-state index < -0.39 is 6.10 Å².